The third-order valence-corrected chi connectivity index (χ3v) is 2.51. The van der Waals surface area contributed by atoms with E-state index in [1.807, 2.05) is 12.1 Å². The zero-order valence-corrected chi connectivity index (χ0v) is 10.3. The second kappa shape index (κ2) is 4.83. The van der Waals surface area contributed by atoms with Crippen LogP contribution in [-0.4, -0.2) is 34.9 Å². The first-order chi connectivity index (χ1) is 8.59. The summed E-state index contributed by atoms with van der Waals surface area (Å²) in [5, 5.41) is 0. The van der Waals surface area contributed by atoms with Crippen LogP contribution in [0, 0.1) is 0 Å². The molecule has 0 saturated heterocycles. The maximum Gasteiger partial charge on any atom is 0.254 e. The van der Waals surface area contributed by atoms with Crippen LogP contribution in [0.5, 0.6) is 0 Å². The largest absolute Gasteiger partial charge is 0.397 e. The Labute approximate surface area is 105 Å². The molecule has 0 atom stereocenters. The number of hydrogen-bond donors (Lipinski definition) is 1. The highest BCUT2D eigenvalue weighted by molar-refractivity contribution is 5.95. The van der Waals surface area contributed by atoms with Crippen LogP contribution in [0.3, 0.4) is 0 Å². The third kappa shape index (κ3) is 2.29. The molecular weight excluding hydrogens is 228 g/mol. The summed E-state index contributed by atoms with van der Waals surface area (Å²) in [5.74, 6) is -0.119. The molecule has 0 bridgehead atoms. The average Bonchev–Trinajstić information content (AvgIpc) is 2.38. The number of pyridine rings is 2. The molecule has 5 nitrogen and oxygen atoms in total. The first-order valence-electron chi connectivity index (χ1n) is 5.47. The van der Waals surface area contributed by atoms with Crippen LogP contribution in [0.2, 0.25) is 0 Å². The lowest BCUT2D eigenvalue weighted by atomic mass is 10.1. The molecule has 0 radical (unpaired) electrons. The van der Waals surface area contributed by atoms with E-state index in [1.54, 1.807) is 32.6 Å². The summed E-state index contributed by atoms with van der Waals surface area (Å²) in [7, 11) is 3.38. The number of carbonyl (C=O) groups excluding carboxylic acids is 1. The Morgan fingerprint density at radius 2 is 2.11 bits per heavy atom. The summed E-state index contributed by atoms with van der Waals surface area (Å²) in [5.41, 5.74) is 8.35. The fourth-order valence-electron chi connectivity index (χ4n) is 1.60. The molecular formula is C13H14N4O. The van der Waals surface area contributed by atoms with E-state index in [0.717, 1.165) is 5.56 Å². The van der Waals surface area contributed by atoms with E-state index in [9.17, 15) is 4.79 Å². The number of aromatic nitrogens is 2. The van der Waals surface area contributed by atoms with Gasteiger partial charge in [0.15, 0.2) is 0 Å². The average molecular weight is 242 g/mol. The van der Waals surface area contributed by atoms with E-state index < -0.39 is 0 Å². The van der Waals surface area contributed by atoms with E-state index in [0.29, 0.717) is 16.9 Å². The molecule has 0 spiro atoms. The van der Waals surface area contributed by atoms with Crippen LogP contribution >= 0.6 is 0 Å². The van der Waals surface area contributed by atoms with Gasteiger partial charge in [0.05, 0.1) is 16.9 Å². The van der Waals surface area contributed by atoms with E-state index >= 15 is 0 Å². The monoisotopic (exact) mass is 242 g/mol. The lowest BCUT2D eigenvalue weighted by Gasteiger charge is -2.11. The van der Waals surface area contributed by atoms with Gasteiger partial charge in [-0.3, -0.25) is 14.8 Å². The molecule has 92 valence electrons. The summed E-state index contributed by atoms with van der Waals surface area (Å²) >= 11 is 0. The van der Waals surface area contributed by atoms with Crippen LogP contribution in [0.15, 0.2) is 36.8 Å². The predicted molar refractivity (Wildman–Crippen MR) is 69.9 cm³/mol. The van der Waals surface area contributed by atoms with E-state index in [-0.39, 0.29) is 5.91 Å². The van der Waals surface area contributed by atoms with Crippen molar-refractivity contribution in [3.8, 4) is 11.3 Å². The van der Waals surface area contributed by atoms with Crippen molar-refractivity contribution in [2.24, 2.45) is 0 Å². The van der Waals surface area contributed by atoms with E-state index in [1.165, 1.54) is 11.1 Å². The smallest absolute Gasteiger partial charge is 0.254 e. The topological polar surface area (TPSA) is 72.1 Å². The van der Waals surface area contributed by atoms with Crippen molar-refractivity contribution in [1.82, 2.24) is 14.9 Å². The molecule has 18 heavy (non-hydrogen) atoms. The van der Waals surface area contributed by atoms with Crippen molar-refractivity contribution in [2.75, 3.05) is 19.8 Å². The number of nitrogen functional groups attached to an aromatic ring is 1. The highest BCUT2D eigenvalue weighted by atomic mass is 16.2. The first kappa shape index (κ1) is 12.0. The van der Waals surface area contributed by atoms with Gasteiger partial charge in [0.1, 0.15) is 0 Å². The van der Waals surface area contributed by atoms with Crippen LogP contribution in [0.4, 0.5) is 5.69 Å². The molecule has 0 saturated carbocycles. The number of nitrogens with two attached hydrogens (primary N) is 1. The number of rotatable bonds is 2. The molecule has 2 heterocycles. The normalized spacial score (nSPS) is 10.1. The van der Waals surface area contributed by atoms with Gasteiger partial charge < -0.3 is 10.6 Å². The van der Waals surface area contributed by atoms with Gasteiger partial charge in [-0.25, -0.2) is 0 Å². The lowest BCUT2D eigenvalue weighted by Crippen LogP contribution is -2.22. The highest BCUT2D eigenvalue weighted by Crippen LogP contribution is 2.23. The molecule has 0 aromatic carbocycles. The molecule has 5 heteroatoms. The van der Waals surface area contributed by atoms with Crippen molar-refractivity contribution < 1.29 is 4.79 Å². The minimum absolute atomic E-state index is 0.119. The van der Waals surface area contributed by atoms with Gasteiger partial charge in [-0.15, -0.1) is 0 Å². The summed E-state index contributed by atoms with van der Waals surface area (Å²) in [6.07, 6.45) is 4.90. The van der Waals surface area contributed by atoms with Gasteiger partial charge in [0, 0.05) is 38.2 Å². The number of nitrogens with zero attached hydrogens (tertiary/aromatic N) is 3. The fourth-order valence-corrected chi connectivity index (χ4v) is 1.60. The quantitative estimate of drug-likeness (QED) is 0.864. The van der Waals surface area contributed by atoms with Crippen LogP contribution in [-0.2, 0) is 0 Å². The van der Waals surface area contributed by atoms with Gasteiger partial charge >= 0.3 is 0 Å². The molecule has 0 unspecified atom stereocenters. The molecule has 2 aromatic rings. The summed E-state index contributed by atoms with van der Waals surface area (Å²) in [6.45, 7) is 0. The Bertz CT molecular complexity index is 566. The third-order valence-electron chi connectivity index (χ3n) is 2.51. The van der Waals surface area contributed by atoms with Gasteiger partial charge in [-0.05, 0) is 18.2 Å². The molecule has 2 aromatic heterocycles. The Morgan fingerprint density at radius 1 is 1.33 bits per heavy atom. The Kier molecular flexibility index (Phi) is 3.23. The molecule has 0 aliphatic heterocycles. The summed E-state index contributed by atoms with van der Waals surface area (Å²) in [4.78, 5) is 21.5. The number of anilines is 1. The minimum atomic E-state index is -0.119. The standard InChI is InChI=1S/C13H14N4O/c1-17(2)13(18)10-6-11(14)12(16-8-10)9-4-3-5-15-7-9/h3-8H,14H2,1-2H3. The molecule has 0 aliphatic rings. The molecule has 2 rings (SSSR count). The van der Waals surface area contributed by atoms with Gasteiger partial charge in [-0.2, -0.15) is 0 Å². The number of hydrogen-bond acceptors (Lipinski definition) is 4. The molecule has 0 fully saturated rings. The maximum atomic E-state index is 11.8. The van der Waals surface area contributed by atoms with Crippen molar-refractivity contribution in [1.29, 1.82) is 0 Å². The number of amides is 1. The summed E-state index contributed by atoms with van der Waals surface area (Å²) < 4.78 is 0. The molecule has 1 amide bonds. The molecule has 0 aliphatic carbocycles. The molecule has 2 N–H and O–H groups in total. The SMILES string of the molecule is CN(C)C(=O)c1cnc(-c2cccnc2)c(N)c1. The highest BCUT2D eigenvalue weighted by Gasteiger charge is 2.11. The van der Waals surface area contributed by atoms with Crippen molar-refractivity contribution >= 4 is 11.6 Å². The second-order valence-corrected chi connectivity index (χ2v) is 4.10. The van der Waals surface area contributed by atoms with Crippen LogP contribution < -0.4 is 5.73 Å². The van der Waals surface area contributed by atoms with Crippen molar-refractivity contribution in [3.05, 3.63) is 42.4 Å². The van der Waals surface area contributed by atoms with Crippen molar-refractivity contribution in [3.63, 3.8) is 0 Å². The van der Waals surface area contributed by atoms with E-state index in [2.05, 4.69) is 9.97 Å². The van der Waals surface area contributed by atoms with Gasteiger partial charge in [-0.1, -0.05) is 0 Å². The Morgan fingerprint density at radius 3 is 2.67 bits per heavy atom. The lowest BCUT2D eigenvalue weighted by molar-refractivity contribution is 0.0827. The van der Waals surface area contributed by atoms with Crippen LogP contribution in [0.25, 0.3) is 11.3 Å². The van der Waals surface area contributed by atoms with Crippen LogP contribution in [0.1, 0.15) is 10.4 Å². The Balaban J connectivity index is 2.40. The number of carbonyl (C=O) groups is 1. The zero-order valence-electron chi connectivity index (χ0n) is 10.3. The van der Waals surface area contributed by atoms with Crippen molar-refractivity contribution in [2.45, 2.75) is 0 Å². The van der Waals surface area contributed by atoms with Gasteiger partial charge in [0.25, 0.3) is 5.91 Å². The summed E-state index contributed by atoms with van der Waals surface area (Å²) in [6, 6.07) is 5.33. The fraction of sp³-hybridized carbons (Fsp3) is 0.154. The minimum Gasteiger partial charge on any atom is -0.397 e. The Hall–Kier alpha value is -2.43. The van der Waals surface area contributed by atoms with E-state index in [4.69, 9.17) is 5.73 Å². The zero-order chi connectivity index (χ0) is 13.1. The first-order valence-corrected chi connectivity index (χ1v) is 5.47. The van der Waals surface area contributed by atoms with Gasteiger partial charge in [0.2, 0.25) is 0 Å². The maximum absolute atomic E-state index is 11.8. The second-order valence-electron chi connectivity index (χ2n) is 4.10. The predicted octanol–water partition coefficient (Wildman–Crippen LogP) is 1.43.